The van der Waals surface area contributed by atoms with E-state index in [1.807, 2.05) is 0 Å². The predicted octanol–water partition coefficient (Wildman–Crippen LogP) is 0.880. The number of amides is 2. The Morgan fingerprint density at radius 3 is 2.90 bits per heavy atom. The predicted molar refractivity (Wildman–Crippen MR) is 74.4 cm³/mol. The van der Waals surface area contributed by atoms with Crippen molar-refractivity contribution in [1.82, 2.24) is 0 Å². The summed E-state index contributed by atoms with van der Waals surface area (Å²) >= 11 is 1.03. The molecule has 1 aliphatic heterocycles. The Balaban J connectivity index is 1.97. The summed E-state index contributed by atoms with van der Waals surface area (Å²) in [4.78, 5) is 36.7. The Morgan fingerprint density at radius 2 is 2.30 bits per heavy atom. The number of nitro groups is 1. The number of nitrogens with two attached hydrogens (primary N) is 1. The second kappa shape index (κ2) is 5.70. The van der Waals surface area contributed by atoms with E-state index in [2.05, 4.69) is 10.3 Å². The van der Waals surface area contributed by atoms with Crippen molar-refractivity contribution in [3.63, 3.8) is 0 Å². The molecule has 0 unspecified atom stereocenters. The van der Waals surface area contributed by atoms with Crippen LogP contribution < -0.4 is 11.1 Å². The number of non-ortho nitro benzene ring substituents is 1. The van der Waals surface area contributed by atoms with E-state index in [9.17, 15) is 19.7 Å². The number of carbonyl (C=O) groups is 2. The molecule has 1 aromatic carbocycles. The molecular weight excluding hydrogens is 284 g/mol. The number of anilines is 1. The van der Waals surface area contributed by atoms with Gasteiger partial charge >= 0.3 is 0 Å². The fourth-order valence-corrected chi connectivity index (χ4v) is 2.43. The van der Waals surface area contributed by atoms with Crippen LogP contribution in [0, 0.1) is 10.1 Å². The highest BCUT2D eigenvalue weighted by Crippen LogP contribution is 2.23. The van der Waals surface area contributed by atoms with Crippen molar-refractivity contribution in [2.75, 3.05) is 5.32 Å². The SMILES string of the molecule is NC1=NC(=O)[C@H](CC(=O)Nc2cccc([N+](=O)[O-])c2)S1. The Morgan fingerprint density at radius 1 is 1.55 bits per heavy atom. The number of hydrogen-bond acceptors (Lipinski definition) is 6. The number of benzene rings is 1. The van der Waals surface area contributed by atoms with Crippen molar-refractivity contribution in [3.05, 3.63) is 34.4 Å². The first-order chi connectivity index (χ1) is 9.45. The maximum absolute atomic E-state index is 11.8. The summed E-state index contributed by atoms with van der Waals surface area (Å²) in [5, 5.41) is 12.6. The smallest absolute Gasteiger partial charge is 0.271 e. The fourth-order valence-electron chi connectivity index (χ4n) is 1.61. The highest BCUT2D eigenvalue weighted by molar-refractivity contribution is 8.15. The molecule has 2 amide bonds. The van der Waals surface area contributed by atoms with Gasteiger partial charge in [-0.25, -0.2) is 0 Å². The molecule has 0 saturated carbocycles. The lowest BCUT2D eigenvalue weighted by Gasteiger charge is -2.07. The zero-order valence-electron chi connectivity index (χ0n) is 10.1. The molecule has 8 nitrogen and oxygen atoms in total. The number of amidine groups is 1. The Hall–Kier alpha value is -2.42. The maximum Gasteiger partial charge on any atom is 0.271 e. The first kappa shape index (κ1) is 14.0. The molecule has 0 spiro atoms. The topological polar surface area (TPSA) is 128 Å². The molecule has 20 heavy (non-hydrogen) atoms. The van der Waals surface area contributed by atoms with Gasteiger partial charge < -0.3 is 11.1 Å². The Bertz CT molecular complexity index is 616. The molecule has 104 valence electrons. The molecule has 0 bridgehead atoms. The summed E-state index contributed by atoms with van der Waals surface area (Å²) in [7, 11) is 0. The monoisotopic (exact) mass is 294 g/mol. The summed E-state index contributed by atoms with van der Waals surface area (Å²) in [6, 6.07) is 5.55. The molecule has 1 aliphatic rings. The first-order valence-electron chi connectivity index (χ1n) is 5.54. The quantitative estimate of drug-likeness (QED) is 0.626. The van der Waals surface area contributed by atoms with Gasteiger partial charge in [-0.3, -0.25) is 19.7 Å². The van der Waals surface area contributed by atoms with Gasteiger partial charge in [-0.2, -0.15) is 4.99 Å². The van der Waals surface area contributed by atoms with Crippen molar-refractivity contribution in [2.45, 2.75) is 11.7 Å². The number of thioether (sulfide) groups is 1. The van der Waals surface area contributed by atoms with Crippen molar-refractivity contribution in [3.8, 4) is 0 Å². The number of nitro benzene ring substituents is 1. The van der Waals surface area contributed by atoms with Crippen molar-refractivity contribution >= 4 is 40.1 Å². The minimum Gasteiger partial charge on any atom is -0.378 e. The number of hydrogen-bond donors (Lipinski definition) is 2. The van der Waals surface area contributed by atoms with Gasteiger partial charge in [0.1, 0.15) is 5.25 Å². The summed E-state index contributed by atoms with van der Waals surface area (Å²) in [5.41, 5.74) is 5.56. The molecule has 1 atom stereocenters. The van der Waals surface area contributed by atoms with Crippen LogP contribution in [0.5, 0.6) is 0 Å². The molecule has 0 saturated heterocycles. The van der Waals surface area contributed by atoms with Gasteiger partial charge in [0.15, 0.2) is 5.17 Å². The second-order valence-electron chi connectivity index (χ2n) is 3.95. The van der Waals surface area contributed by atoms with Gasteiger partial charge in [0, 0.05) is 24.2 Å². The van der Waals surface area contributed by atoms with E-state index < -0.39 is 22.0 Å². The van der Waals surface area contributed by atoms with Gasteiger partial charge in [0.2, 0.25) is 5.91 Å². The van der Waals surface area contributed by atoms with Crippen LogP contribution in [0.4, 0.5) is 11.4 Å². The van der Waals surface area contributed by atoms with E-state index in [4.69, 9.17) is 5.73 Å². The third kappa shape index (κ3) is 3.32. The van der Waals surface area contributed by atoms with Crippen molar-refractivity contribution < 1.29 is 14.5 Å². The van der Waals surface area contributed by atoms with Crippen LogP contribution in [0.2, 0.25) is 0 Å². The summed E-state index contributed by atoms with van der Waals surface area (Å²) in [5.74, 6) is -0.872. The average Bonchev–Trinajstić information content (AvgIpc) is 2.67. The van der Waals surface area contributed by atoms with Gasteiger partial charge in [-0.15, -0.1) is 0 Å². The summed E-state index contributed by atoms with van der Waals surface area (Å²) in [6.45, 7) is 0. The van der Waals surface area contributed by atoms with Crippen LogP contribution in [0.3, 0.4) is 0 Å². The summed E-state index contributed by atoms with van der Waals surface area (Å²) in [6.07, 6.45) is -0.0869. The third-order valence-corrected chi connectivity index (χ3v) is 3.46. The molecule has 1 aromatic rings. The van der Waals surface area contributed by atoms with Crippen LogP contribution in [0.25, 0.3) is 0 Å². The van der Waals surface area contributed by atoms with E-state index in [1.165, 1.54) is 24.3 Å². The summed E-state index contributed by atoms with van der Waals surface area (Å²) < 4.78 is 0. The third-order valence-electron chi connectivity index (χ3n) is 2.47. The fraction of sp³-hybridized carbons (Fsp3) is 0.182. The molecule has 9 heteroatoms. The zero-order chi connectivity index (χ0) is 14.7. The maximum atomic E-state index is 11.8. The minimum absolute atomic E-state index is 0.0869. The largest absolute Gasteiger partial charge is 0.378 e. The van der Waals surface area contributed by atoms with Crippen LogP contribution >= 0.6 is 11.8 Å². The number of aliphatic imine (C=N–C) groups is 1. The standard InChI is InChI=1S/C11H10N4O4S/c12-11-14-10(17)8(20-11)5-9(16)13-6-2-1-3-7(4-6)15(18)19/h1-4,8H,5H2,(H,13,16)(H2,12,14,17)/t8-/m0/s1. The number of nitrogens with zero attached hydrogens (tertiary/aromatic N) is 2. The van der Waals surface area contributed by atoms with Crippen LogP contribution in [0.15, 0.2) is 29.3 Å². The van der Waals surface area contributed by atoms with E-state index >= 15 is 0 Å². The molecular formula is C11H10N4O4S. The lowest BCUT2D eigenvalue weighted by Crippen LogP contribution is -2.21. The van der Waals surface area contributed by atoms with Crippen LogP contribution in [-0.2, 0) is 9.59 Å². The molecule has 0 fully saturated rings. The van der Waals surface area contributed by atoms with Crippen LogP contribution in [0.1, 0.15) is 6.42 Å². The van der Waals surface area contributed by atoms with Gasteiger partial charge in [-0.1, -0.05) is 17.8 Å². The van der Waals surface area contributed by atoms with Gasteiger partial charge in [0.05, 0.1) is 4.92 Å². The highest BCUT2D eigenvalue weighted by Gasteiger charge is 2.29. The zero-order valence-corrected chi connectivity index (χ0v) is 10.9. The highest BCUT2D eigenvalue weighted by atomic mass is 32.2. The first-order valence-corrected chi connectivity index (χ1v) is 6.42. The van der Waals surface area contributed by atoms with Crippen molar-refractivity contribution in [2.24, 2.45) is 10.7 Å². The van der Waals surface area contributed by atoms with E-state index in [0.717, 1.165) is 11.8 Å². The molecule has 3 N–H and O–H groups in total. The number of rotatable bonds is 4. The molecule has 0 aromatic heterocycles. The Kier molecular flexibility index (Phi) is 3.99. The second-order valence-corrected chi connectivity index (χ2v) is 5.18. The minimum atomic E-state index is -0.631. The average molecular weight is 294 g/mol. The molecule has 2 rings (SSSR count). The van der Waals surface area contributed by atoms with E-state index in [1.54, 1.807) is 0 Å². The van der Waals surface area contributed by atoms with Gasteiger partial charge in [-0.05, 0) is 6.07 Å². The lowest BCUT2D eigenvalue weighted by atomic mass is 10.2. The lowest BCUT2D eigenvalue weighted by molar-refractivity contribution is -0.384. The van der Waals surface area contributed by atoms with E-state index in [0.29, 0.717) is 5.69 Å². The molecule has 0 radical (unpaired) electrons. The molecule has 1 heterocycles. The number of nitrogens with one attached hydrogen (secondary N) is 1. The van der Waals surface area contributed by atoms with E-state index in [-0.39, 0.29) is 17.3 Å². The van der Waals surface area contributed by atoms with Crippen LogP contribution in [-0.4, -0.2) is 27.2 Å². The van der Waals surface area contributed by atoms with Gasteiger partial charge in [0.25, 0.3) is 11.6 Å². The Labute approximate surface area is 117 Å². The number of carbonyl (C=O) groups excluding carboxylic acids is 2. The molecule has 0 aliphatic carbocycles. The van der Waals surface area contributed by atoms with Crippen molar-refractivity contribution in [1.29, 1.82) is 0 Å². The normalized spacial score (nSPS) is 17.7.